The number of rotatable bonds is 3. The summed E-state index contributed by atoms with van der Waals surface area (Å²) < 4.78 is 9.63. The molecule has 0 amide bonds. The maximum Gasteiger partial charge on any atom is 0.0785 e. The Balaban J connectivity index is 1.13. The van der Waals surface area contributed by atoms with Crippen molar-refractivity contribution in [3.05, 3.63) is 170 Å². The molecular weight excluding hydrogens is 657 g/mol. The lowest BCUT2D eigenvalue weighted by Crippen LogP contribution is -1.97. The monoisotopic (exact) mass is 690 g/mol. The summed E-state index contributed by atoms with van der Waals surface area (Å²) in [5, 5.41) is 10.2. The van der Waals surface area contributed by atoms with Crippen molar-refractivity contribution >= 4 is 87.2 Å². The van der Waals surface area contributed by atoms with Crippen LogP contribution in [-0.2, 0) is 14.1 Å². The van der Waals surface area contributed by atoms with E-state index >= 15 is 0 Å². The van der Waals surface area contributed by atoms with Gasteiger partial charge in [0.25, 0.3) is 0 Å². The van der Waals surface area contributed by atoms with Crippen molar-refractivity contribution in [3.8, 4) is 22.5 Å². The summed E-state index contributed by atoms with van der Waals surface area (Å²) in [4.78, 5) is 0. The number of para-hydroxylation sites is 4. The van der Waals surface area contributed by atoms with Gasteiger partial charge >= 0.3 is 0 Å². The minimum atomic E-state index is 1.15. The highest BCUT2D eigenvalue weighted by molar-refractivity contribution is 6.29. The van der Waals surface area contributed by atoms with Crippen molar-refractivity contribution in [1.29, 1.82) is 0 Å². The summed E-state index contributed by atoms with van der Waals surface area (Å²) >= 11 is 0. The van der Waals surface area contributed by atoms with Gasteiger partial charge < -0.3 is 18.3 Å². The molecule has 0 saturated carbocycles. The largest absolute Gasteiger partial charge is 0.344 e. The summed E-state index contributed by atoms with van der Waals surface area (Å²) in [7, 11) is 4.38. The van der Waals surface area contributed by atoms with Crippen LogP contribution in [0.4, 0.5) is 0 Å². The van der Waals surface area contributed by atoms with Crippen molar-refractivity contribution < 1.29 is 0 Å². The summed E-state index contributed by atoms with van der Waals surface area (Å²) in [5.74, 6) is 0. The first-order valence-electron chi connectivity index (χ1n) is 18.7. The lowest BCUT2D eigenvalue weighted by molar-refractivity contribution is 1.01. The zero-order chi connectivity index (χ0) is 35.7. The van der Waals surface area contributed by atoms with Gasteiger partial charge in [-0.2, -0.15) is 0 Å². The van der Waals surface area contributed by atoms with Crippen LogP contribution in [0.5, 0.6) is 0 Å². The Morgan fingerprint density at radius 3 is 1.65 bits per heavy atom. The Morgan fingerprint density at radius 2 is 0.852 bits per heavy atom. The molecule has 0 aliphatic rings. The van der Waals surface area contributed by atoms with E-state index in [9.17, 15) is 0 Å². The predicted molar refractivity (Wildman–Crippen MR) is 229 cm³/mol. The third-order valence-corrected chi connectivity index (χ3v) is 12.0. The molecule has 0 bridgehead atoms. The molecule has 12 aromatic rings. The molecule has 4 aromatic heterocycles. The van der Waals surface area contributed by atoms with Crippen molar-refractivity contribution in [2.75, 3.05) is 0 Å². The highest BCUT2D eigenvalue weighted by Gasteiger charge is 2.21. The minimum Gasteiger partial charge on any atom is -0.344 e. The number of aromatic nitrogens is 4. The molecule has 254 valence electrons. The second-order valence-electron chi connectivity index (χ2n) is 14.7. The van der Waals surface area contributed by atoms with Crippen molar-refractivity contribution in [1.82, 2.24) is 18.3 Å². The number of hydrogen-bond donors (Lipinski definition) is 0. The van der Waals surface area contributed by atoms with Crippen LogP contribution in [0.2, 0.25) is 0 Å². The fourth-order valence-corrected chi connectivity index (χ4v) is 9.60. The van der Waals surface area contributed by atoms with Gasteiger partial charge in [0, 0.05) is 85.1 Å². The summed E-state index contributed by atoms with van der Waals surface area (Å²) in [5.41, 5.74) is 14.5. The van der Waals surface area contributed by atoms with Crippen LogP contribution in [0.1, 0.15) is 0 Å². The molecule has 0 N–H and O–H groups in total. The topological polar surface area (TPSA) is 19.7 Å². The van der Waals surface area contributed by atoms with Crippen LogP contribution < -0.4 is 0 Å². The van der Waals surface area contributed by atoms with E-state index in [1.54, 1.807) is 0 Å². The van der Waals surface area contributed by atoms with E-state index in [-0.39, 0.29) is 0 Å². The molecule has 12 rings (SSSR count). The molecule has 4 heterocycles. The Labute approximate surface area is 310 Å². The fourth-order valence-electron chi connectivity index (χ4n) is 9.60. The highest BCUT2D eigenvalue weighted by Crippen LogP contribution is 2.43. The second kappa shape index (κ2) is 10.8. The van der Waals surface area contributed by atoms with Crippen molar-refractivity contribution in [2.45, 2.75) is 0 Å². The molecule has 54 heavy (non-hydrogen) atoms. The van der Waals surface area contributed by atoms with Gasteiger partial charge in [-0.15, -0.1) is 0 Å². The molecule has 0 saturated heterocycles. The zero-order valence-electron chi connectivity index (χ0n) is 30.0. The van der Waals surface area contributed by atoms with E-state index in [2.05, 4.69) is 202 Å². The second-order valence-corrected chi connectivity index (χ2v) is 14.7. The van der Waals surface area contributed by atoms with E-state index in [1.807, 2.05) is 0 Å². The van der Waals surface area contributed by atoms with E-state index in [0.29, 0.717) is 0 Å². The maximum atomic E-state index is 2.48. The van der Waals surface area contributed by atoms with Gasteiger partial charge in [-0.05, 0) is 71.8 Å². The van der Waals surface area contributed by atoms with Crippen LogP contribution in [0.3, 0.4) is 0 Å². The molecule has 4 heteroatoms. The van der Waals surface area contributed by atoms with E-state index in [4.69, 9.17) is 0 Å². The summed E-state index contributed by atoms with van der Waals surface area (Å²) in [6, 6.07) is 62.5. The lowest BCUT2D eigenvalue weighted by Gasteiger charge is -2.12. The number of nitrogens with zero attached hydrogens (tertiary/aromatic N) is 4. The first-order valence-corrected chi connectivity index (χ1v) is 18.7. The average Bonchev–Trinajstić information content (AvgIpc) is 3.93. The quantitative estimate of drug-likeness (QED) is 0.176. The normalized spacial score (nSPS) is 12.3. The van der Waals surface area contributed by atoms with E-state index in [1.165, 1.54) is 98.4 Å². The van der Waals surface area contributed by atoms with Crippen LogP contribution >= 0.6 is 0 Å². The molecule has 8 aromatic carbocycles. The van der Waals surface area contributed by atoms with Crippen LogP contribution in [0.25, 0.3) is 110 Å². The fraction of sp³-hybridized carbons (Fsp3) is 0.0400. The van der Waals surface area contributed by atoms with Gasteiger partial charge in [-0.1, -0.05) is 109 Å². The van der Waals surface area contributed by atoms with Gasteiger partial charge in [-0.3, -0.25) is 0 Å². The zero-order valence-corrected chi connectivity index (χ0v) is 30.0. The molecule has 0 fully saturated rings. The number of hydrogen-bond acceptors (Lipinski definition) is 0. The number of fused-ring (bicyclic) bond motifs is 14. The van der Waals surface area contributed by atoms with Crippen LogP contribution in [-0.4, -0.2) is 18.3 Å². The average molecular weight is 691 g/mol. The first-order chi connectivity index (χ1) is 26.7. The maximum absolute atomic E-state index is 2.48. The van der Waals surface area contributed by atoms with Gasteiger partial charge in [0.15, 0.2) is 0 Å². The Kier molecular flexibility index (Phi) is 5.88. The van der Waals surface area contributed by atoms with Gasteiger partial charge in [0.2, 0.25) is 0 Å². The number of aryl methyl sites for hydroxylation is 2. The molecule has 0 atom stereocenters. The molecule has 4 nitrogen and oxygen atoms in total. The Hall–Kier alpha value is -7.04. The predicted octanol–water partition coefficient (Wildman–Crippen LogP) is 12.8. The van der Waals surface area contributed by atoms with Gasteiger partial charge in [0.05, 0.1) is 27.6 Å². The lowest BCUT2D eigenvalue weighted by atomic mass is 10.0. The van der Waals surface area contributed by atoms with Gasteiger partial charge in [0.1, 0.15) is 0 Å². The molecule has 0 aliphatic carbocycles. The Morgan fingerprint density at radius 1 is 0.296 bits per heavy atom. The molecule has 0 unspecified atom stereocenters. The SMILES string of the molecule is Cn1c2ccccc2c2c3c4ccc(-c5cccc(-n6c7ccccc7c7ccc8c9ccccc9n(C)c8c76)c5)cc4n(-c4ccccc4)c3ccc21. The molecule has 0 aliphatic heterocycles. The first kappa shape index (κ1) is 29.5. The van der Waals surface area contributed by atoms with Crippen molar-refractivity contribution in [2.24, 2.45) is 14.1 Å². The molecular formula is C50H34N4. The highest BCUT2D eigenvalue weighted by atomic mass is 15.0. The van der Waals surface area contributed by atoms with E-state index in [0.717, 1.165) is 11.4 Å². The van der Waals surface area contributed by atoms with Crippen LogP contribution in [0, 0.1) is 0 Å². The van der Waals surface area contributed by atoms with Crippen LogP contribution in [0.15, 0.2) is 170 Å². The summed E-state index contributed by atoms with van der Waals surface area (Å²) in [6.07, 6.45) is 0. The third-order valence-electron chi connectivity index (χ3n) is 12.0. The molecule has 0 radical (unpaired) electrons. The smallest absolute Gasteiger partial charge is 0.0785 e. The summed E-state index contributed by atoms with van der Waals surface area (Å²) in [6.45, 7) is 0. The standard InChI is InChI=1S/C50H34N4/c1-51-42-21-10-8-19-39(42)47-44(51)27-28-45-48(47)40-24-23-32(30-46(40)53(45)33-14-4-3-5-15-33)31-13-12-16-34(29-31)54-43-22-11-7-18-36(43)38-26-25-37-35-17-6-9-20-41(35)52(2)49(37)50(38)54/h3-30H,1-2H3. The minimum absolute atomic E-state index is 1.15. The van der Waals surface area contributed by atoms with E-state index < -0.39 is 0 Å². The molecule has 0 spiro atoms. The van der Waals surface area contributed by atoms with Gasteiger partial charge in [-0.25, -0.2) is 0 Å². The third kappa shape index (κ3) is 3.81. The number of benzene rings is 8. The van der Waals surface area contributed by atoms with Crippen molar-refractivity contribution in [3.63, 3.8) is 0 Å². The Bertz CT molecular complexity index is 3510.